The van der Waals surface area contributed by atoms with Crippen LogP contribution in [0.4, 0.5) is 0 Å². The SMILES string of the molecule is CCCCCCCCCCCC(=O)N[C@@H](Cc1ccccc1)C(=O)O.[NaH]. The molecule has 4 nitrogen and oxygen atoms in total. The van der Waals surface area contributed by atoms with Gasteiger partial charge >= 0.3 is 35.5 Å². The summed E-state index contributed by atoms with van der Waals surface area (Å²) in [7, 11) is 0. The molecule has 26 heavy (non-hydrogen) atoms. The van der Waals surface area contributed by atoms with Crippen LogP contribution in [0.1, 0.15) is 76.7 Å². The van der Waals surface area contributed by atoms with E-state index in [4.69, 9.17) is 0 Å². The molecule has 142 valence electrons. The fourth-order valence-corrected chi connectivity index (χ4v) is 2.91. The van der Waals surface area contributed by atoms with Crippen LogP contribution < -0.4 is 5.32 Å². The van der Waals surface area contributed by atoms with Gasteiger partial charge in [-0.1, -0.05) is 88.6 Å². The third-order valence-electron chi connectivity index (χ3n) is 4.42. The zero-order valence-electron chi connectivity index (χ0n) is 15.5. The minimum absolute atomic E-state index is 0. The van der Waals surface area contributed by atoms with Gasteiger partial charge in [0, 0.05) is 12.8 Å². The Morgan fingerprint density at radius 2 is 1.46 bits per heavy atom. The average molecular weight is 371 g/mol. The second-order valence-electron chi connectivity index (χ2n) is 6.73. The van der Waals surface area contributed by atoms with Crippen LogP contribution in [0.5, 0.6) is 0 Å². The fraction of sp³-hybridized carbons (Fsp3) is 0.619. The van der Waals surface area contributed by atoms with Crippen LogP contribution in [0.15, 0.2) is 30.3 Å². The summed E-state index contributed by atoms with van der Waals surface area (Å²) in [6.45, 7) is 2.22. The summed E-state index contributed by atoms with van der Waals surface area (Å²) in [5.41, 5.74) is 0.915. The second-order valence-corrected chi connectivity index (χ2v) is 6.73. The van der Waals surface area contributed by atoms with Gasteiger partial charge < -0.3 is 10.4 Å². The van der Waals surface area contributed by atoms with E-state index in [1.807, 2.05) is 30.3 Å². The molecule has 0 saturated heterocycles. The van der Waals surface area contributed by atoms with Crippen molar-refractivity contribution < 1.29 is 14.7 Å². The summed E-state index contributed by atoms with van der Waals surface area (Å²) in [6.07, 6.45) is 11.5. The quantitative estimate of drug-likeness (QED) is 0.383. The van der Waals surface area contributed by atoms with Crippen LogP contribution in [0, 0.1) is 0 Å². The summed E-state index contributed by atoms with van der Waals surface area (Å²) in [4.78, 5) is 23.3. The summed E-state index contributed by atoms with van der Waals surface area (Å²) in [6, 6.07) is 8.54. The van der Waals surface area contributed by atoms with Crippen molar-refractivity contribution in [2.75, 3.05) is 0 Å². The molecule has 1 aromatic rings. The zero-order valence-corrected chi connectivity index (χ0v) is 15.5. The number of amides is 1. The van der Waals surface area contributed by atoms with Gasteiger partial charge in [-0.2, -0.15) is 0 Å². The van der Waals surface area contributed by atoms with Crippen molar-refractivity contribution in [3.05, 3.63) is 35.9 Å². The van der Waals surface area contributed by atoms with Gasteiger partial charge in [0.15, 0.2) is 0 Å². The normalized spacial score (nSPS) is 11.4. The Bertz CT molecular complexity index is 493. The molecule has 1 amide bonds. The molecule has 5 heteroatoms. The molecular weight excluding hydrogens is 337 g/mol. The van der Waals surface area contributed by atoms with E-state index < -0.39 is 12.0 Å². The Morgan fingerprint density at radius 1 is 0.923 bits per heavy atom. The number of carboxylic acid groups (broad SMARTS) is 1. The summed E-state index contributed by atoms with van der Waals surface area (Å²) < 4.78 is 0. The van der Waals surface area contributed by atoms with Crippen molar-refractivity contribution in [2.24, 2.45) is 0 Å². The van der Waals surface area contributed by atoms with E-state index in [2.05, 4.69) is 12.2 Å². The van der Waals surface area contributed by atoms with Crippen LogP contribution in [0.3, 0.4) is 0 Å². The van der Waals surface area contributed by atoms with Gasteiger partial charge in [0.2, 0.25) is 5.91 Å². The number of nitrogens with one attached hydrogen (secondary N) is 1. The van der Waals surface area contributed by atoms with Gasteiger partial charge in [-0.15, -0.1) is 0 Å². The Balaban J connectivity index is 0.00000625. The van der Waals surface area contributed by atoms with Gasteiger partial charge in [-0.05, 0) is 12.0 Å². The first-order valence-electron chi connectivity index (χ1n) is 9.69. The molecule has 0 aliphatic heterocycles. The number of benzene rings is 1. The van der Waals surface area contributed by atoms with Crippen LogP contribution in [-0.4, -0.2) is 52.6 Å². The topological polar surface area (TPSA) is 66.4 Å². The molecule has 0 fully saturated rings. The molecule has 2 N–H and O–H groups in total. The molecule has 0 heterocycles. The molecule has 0 bridgehead atoms. The molecule has 0 aromatic heterocycles. The molecule has 0 spiro atoms. The van der Waals surface area contributed by atoms with Gasteiger partial charge in [-0.3, -0.25) is 4.79 Å². The molecule has 0 unspecified atom stereocenters. The number of carbonyl (C=O) groups is 2. The number of rotatable bonds is 14. The molecule has 0 radical (unpaired) electrons. The van der Waals surface area contributed by atoms with Gasteiger partial charge in [0.1, 0.15) is 6.04 Å². The first-order valence-corrected chi connectivity index (χ1v) is 9.69. The molecular formula is C21H34NNaO3. The van der Waals surface area contributed by atoms with Crippen molar-refractivity contribution in [1.29, 1.82) is 0 Å². The van der Waals surface area contributed by atoms with E-state index in [0.29, 0.717) is 12.8 Å². The van der Waals surface area contributed by atoms with E-state index in [9.17, 15) is 14.7 Å². The van der Waals surface area contributed by atoms with Gasteiger partial charge in [0.05, 0.1) is 0 Å². The Hall–Kier alpha value is -0.840. The van der Waals surface area contributed by atoms with Crippen LogP contribution in [0.2, 0.25) is 0 Å². The van der Waals surface area contributed by atoms with Crippen LogP contribution >= 0.6 is 0 Å². The van der Waals surface area contributed by atoms with E-state index in [0.717, 1.165) is 24.8 Å². The zero-order chi connectivity index (χ0) is 18.3. The second kappa shape index (κ2) is 16.3. The summed E-state index contributed by atoms with van der Waals surface area (Å²) in [5, 5.41) is 12.0. The van der Waals surface area contributed by atoms with Crippen molar-refractivity contribution >= 4 is 41.4 Å². The first kappa shape index (κ1) is 25.2. The number of hydrogen-bond acceptors (Lipinski definition) is 2. The standard InChI is InChI=1S/C21H33NO3.Na.H/c1-2-3-4-5-6-7-8-9-13-16-20(23)22-19(21(24)25)17-18-14-11-10-12-15-18;;/h10-12,14-15,19H,2-9,13,16-17H2,1H3,(H,22,23)(H,24,25);;/t19-;;/m0../s1. The maximum atomic E-state index is 12.0. The average Bonchev–Trinajstić information content (AvgIpc) is 2.60. The van der Waals surface area contributed by atoms with Crippen LogP contribution in [-0.2, 0) is 16.0 Å². The minimum atomic E-state index is -0.982. The summed E-state index contributed by atoms with van der Waals surface area (Å²) >= 11 is 0. The molecule has 0 saturated carbocycles. The molecule has 1 aromatic carbocycles. The maximum absolute atomic E-state index is 12.0. The predicted octanol–water partition coefficient (Wildman–Crippen LogP) is 4.07. The Morgan fingerprint density at radius 3 is 2.00 bits per heavy atom. The molecule has 1 atom stereocenters. The van der Waals surface area contributed by atoms with E-state index >= 15 is 0 Å². The number of carboxylic acids is 1. The van der Waals surface area contributed by atoms with Crippen molar-refractivity contribution in [2.45, 2.75) is 83.6 Å². The van der Waals surface area contributed by atoms with Gasteiger partial charge in [-0.25, -0.2) is 4.79 Å². The van der Waals surface area contributed by atoms with E-state index in [-0.39, 0.29) is 35.5 Å². The van der Waals surface area contributed by atoms with Gasteiger partial charge in [0.25, 0.3) is 0 Å². The number of carbonyl (C=O) groups excluding carboxylic acids is 1. The van der Waals surface area contributed by atoms with Crippen molar-refractivity contribution in [1.82, 2.24) is 5.32 Å². The Labute approximate surface area is 180 Å². The number of hydrogen-bond donors (Lipinski definition) is 2. The van der Waals surface area contributed by atoms with E-state index in [1.165, 1.54) is 38.5 Å². The first-order chi connectivity index (χ1) is 12.1. The fourth-order valence-electron chi connectivity index (χ4n) is 2.91. The molecule has 0 aliphatic rings. The summed E-state index contributed by atoms with van der Waals surface area (Å²) in [5.74, 6) is -1.14. The number of unbranched alkanes of at least 4 members (excludes halogenated alkanes) is 8. The van der Waals surface area contributed by atoms with Crippen LogP contribution in [0.25, 0.3) is 0 Å². The number of aliphatic carboxylic acids is 1. The third-order valence-corrected chi connectivity index (χ3v) is 4.42. The Kier molecular flexibility index (Phi) is 15.8. The molecule has 0 aliphatic carbocycles. The predicted molar refractivity (Wildman–Crippen MR) is 109 cm³/mol. The van der Waals surface area contributed by atoms with Crippen molar-refractivity contribution in [3.8, 4) is 0 Å². The monoisotopic (exact) mass is 371 g/mol. The van der Waals surface area contributed by atoms with Crippen molar-refractivity contribution in [3.63, 3.8) is 0 Å². The van der Waals surface area contributed by atoms with E-state index in [1.54, 1.807) is 0 Å². The molecule has 1 rings (SSSR count). The third kappa shape index (κ3) is 12.5.